The van der Waals surface area contributed by atoms with E-state index in [1.807, 2.05) is 0 Å². The fourth-order valence-electron chi connectivity index (χ4n) is 4.93. The SMILES string of the molecule is CC1(C(=O)c2c[nH]c3nc(-c4cccc(N5CCCC5)c4)cnc23)CCCCC1. The highest BCUT2D eigenvalue weighted by atomic mass is 16.1. The molecule has 3 aromatic rings. The molecule has 2 fully saturated rings. The molecule has 0 atom stereocenters. The number of carbonyl (C=O) groups excluding carboxylic acids is 1. The van der Waals surface area contributed by atoms with Crippen molar-refractivity contribution >= 4 is 22.6 Å². The molecule has 29 heavy (non-hydrogen) atoms. The van der Waals surface area contributed by atoms with E-state index < -0.39 is 0 Å². The Morgan fingerprint density at radius 2 is 1.90 bits per heavy atom. The molecule has 1 saturated heterocycles. The number of benzene rings is 1. The normalized spacial score (nSPS) is 19.0. The van der Waals surface area contributed by atoms with Gasteiger partial charge in [-0.2, -0.15) is 0 Å². The summed E-state index contributed by atoms with van der Waals surface area (Å²) < 4.78 is 0. The van der Waals surface area contributed by atoms with E-state index >= 15 is 0 Å². The minimum atomic E-state index is -0.266. The number of aromatic amines is 1. The second-order valence-electron chi connectivity index (χ2n) is 8.85. The van der Waals surface area contributed by atoms with Crippen molar-refractivity contribution in [1.82, 2.24) is 15.0 Å². The Bertz CT molecular complexity index is 1040. The van der Waals surface area contributed by atoms with Crippen molar-refractivity contribution in [2.75, 3.05) is 18.0 Å². The van der Waals surface area contributed by atoms with Crippen molar-refractivity contribution in [1.29, 1.82) is 0 Å². The van der Waals surface area contributed by atoms with Gasteiger partial charge in [0.1, 0.15) is 5.52 Å². The maximum atomic E-state index is 13.2. The van der Waals surface area contributed by atoms with E-state index in [0.717, 1.165) is 50.0 Å². The molecule has 1 aromatic carbocycles. The van der Waals surface area contributed by atoms with E-state index in [-0.39, 0.29) is 11.2 Å². The first-order chi connectivity index (χ1) is 14.1. The van der Waals surface area contributed by atoms with Gasteiger partial charge in [-0.05, 0) is 37.8 Å². The van der Waals surface area contributed by atoms with Crippen molar-refractivity contribution in [3.63, 3.8) is 0 Å². The fourth-order valence-corrected chi connectivity index (χ4v) is 4.93. The Balaban J connectivity index is 1.46. The summed E-state index contributed by atoms with van der Waals surface area (Å²) in [5, 5.41) is 0. The zero-order chi connectivity index (χ0) is 19.8. The van der Waals surface area contributed by atoms with Gasteiger partial charge in [-0.15, -0.1) is 0 Å². The van der Waals surface area contributed by atoms with Crippen LogP contribution in [-0.4, -0.2) is 33.8 Å². The van der Waals surface area contributed by atoms with Gasteiger partial charge in [0, 0.05) is 36.0 Å². The number of H-pyrrole nitrogens is 1. The van der Waals surface area contributed by atoms with Crippen molar-refractivity contribution in [3.8, 4) is 11.3 Å². The number of aromatic nitrogens is 3. The summed E-state index contributed by atoms with van der Waals surface area (Å²) in [6, 6.07) is 8.52. The number of anilines is 1. The third kappa shape index (κ3) is 3.33. The maximum absolute atomic E-state index is 13.2. The molecule has 0 amide bonds. The van der Waals surface area contributed by atoms with Gasteiger partial charge in [0.25, 0.3) is 0 Å². The molecule has 150 valence electrons. The van der Waals surface area contributed by atoms with Crippen LogP contribution in [0.1, 0.15) is 62.2 Å². The number of hydrogen-bond donors (Lipinski definition) is 1. The number of rotatable bonds is 4. The van der Waals surface area contributed by atoms with Crippen LogP contribution in [-0.2, 0) is 0 Å². The van der Waals surface area contributed by atoms with Crippen LogP contribution in [0.5, 0.6) is 0 Å². The Kier molecular flexibility index (Phi) is 4.61. The quantitative estimate of drug-likeness (QED) is 0.610. The Hall–Kier alpha value is -2.69. The van der Waals surface area contributed by atoms with Crippen LogP contribution in [0.4, 0.5) is 5.69 Å². The van der Waals surface area contributed by atoms with Crippen molar-refractivity contribution in [2.24, 2.45) is 5.41 Å². The van der Waals surface area contributed by atoms with Gasteiger partial charge >= 0.3 is 0 Å². The van der Waals surface area contributed by atoms with E-state index in [4.69, 9.17) is 4.98 Å². The van der Waals surface area contributed by atoms with Crippen LogP contribution in [0.15, 0.2) is 36.7 Å². The third-order valence-electron chi connectivity index (χ3n) is 6.74. The van der Waals surface area contributed by atoms with Gasteiger partial charge in [0.15, 0.2) is 11.4 Å². The van der Waals surface area contributed by atoms with Crippen LogP contribution in [0, 0.1) is 5.41 Å². The average Bonchev–Trinajstić information content (AvgIpc) is 3.43. The minimum Gasteiger partial charge on any atom is -0.372 e. The Morgan fingerprint density at radius 3 is 2.69 bits per heavy atom. The molecule has 0 spiro atoms. The minimum absolute atomic E-state index is 0.210. The molecule has 1 aliphatic carbocycles. The van der Waals surface area contributed by atoms with Crippen LogP contribution in [0.2, 0.25) is 0 Å². The number of carbonyl (C=O) groups is 1. The zero-order valence-electron chi connectivity index (χ0n) is 17.1. The topological polar surface area (TPSA) is 61.9 Å². The molecule has 1 N–H and O–H groups in total. The van der Waals surface area contributed by atoms with Gasteiger partial charge < -0.3 is 9.88 Å². The summed E-state index contributed by atoms with van der Waals surface area (Å²) in [4.78, 5) is 28.3. The van der Waals surface area contributed by atoms with Gasteiger partial charge in [0.05, 0.1) is 17.5 Å². The molecule has 2 aliphatic rings. The standard InChI is InChI=1S/C24H28N4O/c1-24(10-3-2-4-11-24)22(29)19-15-26-23-21(19)25-16-20(27-23)17-8-7-9-18(14-17)28-12-5-6-13-28/h7-9,14-16H,2-6,10-13H2,1H3,(H,26,27). The number of ketones is 1. The summed E-state index contributed by atoms with van der Waals surface area (Å²) in [6.07, 6.45) is 11.6. The summed E-state index contributed by atoms with van der Waals surface area (Å²) in [6.45, 7) is 4.35. The summed E-state index contributed by atoms with van der Waals surface area (Å²) in [5.41, 5.74) is 4.95. The van der Waals surface area contributed by atoms with Crippen LogP contribution in [0.3, 0.4) is 0 Å². The monoisotopic (exact) mass is 388 g/mol. The van der Waals surface area contributed by atoms with Crippen molar-refractivity contribution in [3.05, 3.63) is 42.2 Å². The lowest BCUT2D eigenvalue weighted by Crippen LogP contribution is -2.30. The van der Waals surface area contributed by atoms with E-state index in [1.54, 1.807) is 12.4 Å². The largest absolute Gasteiger partial charge is 0.372 e. The van der Waals surface area contributed by atoms with Crippen molar-refractivity contribution in [2.45, 2.75) is 51.9 Å². The van der Waals surface area contributed by atoms with Crippen molar-refractivity contribution < 1.29 is 4.79 Å². The lowest BCUT2D eigenvalue weighted by molar-refractivity contribution is 0.0751. The number of nitrogens with one attached hydrogen (secondary N) is 1. The smallest absolute Gasteiger partial charge is 0.172 e. The molecule has 1 aliphatic heterocycles. The molecule has 5 rings (SSSR count). The van der Waals surface area contributed by atoms with Gasteiger partial charge in [-0.1, -0.05) is 38.3 Å². The van der Waals surface area contributed by atoms with Crippen LogP contribution < -0.4 is 4.90 Å². The lowest BCUT2D eigenvalue weighted by atomic mass is 9.71. The zero-order valence-corrected chi connectivity index (χ0v) is 17.1. The number of Topliss-reactive ketones (excluding diaryl/α,β-unsaturated/α-hetero) is 1. The first kappa shape index (κ1) is 18.3. The molecule has 5 nitrogen and oxygen atoms in total. The van der Waals surface area contributed by atoms with Gasteiger partial charge in [-0.3, -0.25) is 4.79 Å². The Labute approximate surface area is 171 Å². The first-order valence-corrected chi connectivity index (χ1v) is 10.9. The molecule has 3 heterocycles. The first-order valence-electron chi connectivity index (χ1n) is 10.9. The average molecular weight is 389 g/mol. The second kappa shape index (κ2) is 7.29. The highest BCUT2D eigenvalue weighted by Crippen LogP contribution is 2.39. The van der Waals surface area contributed by atoms with Gasteiger partial charge in [0.2, 0.25) is 0 Å². The molecule has 5 heteroatoms. The Morgan fingerprint density at radius 1 is 1.10 bits per heavy atom. The summed E-state index contributed by atoms with van der Waals surface area (Å²) in [7, 11) is 0. The number of nitrogens with zero attached hydrogens (tertiary/aromatic N) is 3. The highest BCUT2D eigenvalue weighted by Gasteiger charge is 2.36. The predicted octanol–water partition coefficient (Wildman–Crippen LogP) is 5.38. The van der Waals surface area contributed by atoms with Crippen LogP contribution >= 0.6 is 0 Å². The predicted molar refractivity (Wildman–Crippen MR) is 116 cm³/mol. The molecule has 0 bridgehead atoms. The van der Waals surface area contributed by atoms with E-state index in [9.17, 15) is 4.79 Å². The summed E-state index contributed by atoms with van der Waals surface area (Å²) in [5.74, 6) is 0.210. The molecular weight excluding hydrogens is 360 g/mol. The number of hydrogen-bond acceptors (Lipinski definition) is 4. The molecule has 0 unspecified atom stereocenters. The second-order valence-corrected chi connectivity index (χ2v) is 8.85. The van der Waals surface area contributed by atoms with Gasteiger partial charge in [-0.25, -0.2) is 9.97 Å². The molecular formula is C24H28N4O. The highest BCUT2D eigenvalue weighted by molar-refractivity contribution is 6.08. The molecule has 1 saturated carbocycles. The summed E-state index contributed by atoms with van der Waals surface area (Å²) >= 11 is 0. The fraction of sp³-hybridized carbons (Fsp3) is 0.458. The molecule has 0 radical (unpaired) electrons. The molecule has 2 aromatic heterocycles. The van der Waals surface area contributed by atoms with E-state index in [1.165, 1.54) is 24.9 Å². The van der Waals surface area contributed by atoms with E-state index in [0.29, 0.717) is 16.7 Å². The maximum Gasteiger partial charge on any atom is 0.172 e. The number of fused-ring (bicyclic) bond motifs is 1. The third-order valence-corrected chi connectivity index (χ3v) is 6.74. The van der Waals surface area contributed by atoms with Crippen LogP contribution in [0.25, 0.3) is 22.4 Å². The van der Waals surface area contributed by atoms with E-state index in [2.05, 4.69) is 46.1 Å². The lowest BCUT2D eigenvalue weighted by Gasteiger charge is -2.31.